The SMILES string of the molecule is CNc1nnc(-c2ccc(C)cc2O)c2c1C1(COC1)OC2. The zero-order valence-corrected chi connectivity index (χ0v) is 12.5. The highest BCUT2D eigenvalue weighted by Gasteiger charge is 2.50. The molecule has 6 heteroatoms. The Balaban J connectivity index is 1.92. The van der Waals surface area contributed by atoms with Crippen molar-refractivity contribution in [2.45, 2.75) is 19.1 Å². The molecule has 0 amide bonds. The Kier molecular flexibility index (Phi) is 2.85. The summed E-state index contributed by atoms with van der Waals surface area (Å²) in [4.78, 5) is 0. The summed E-state index contributed by atoms with van der Waals surface area (Å²) in [5.74, 6) is 0.922. The largest absolute Gasteiger partial charge is 0.507 e. The number of rotatable bonds is 2. The molecule has 2 aliphatic heterocycles. The van der Waals surface area contributed by atoms with Gasteiger partial charge in [-0.25, -0.2) is 0 Å². The molecule has 1 spiro atoms. The van der Waals surface area contributed by atoms with Gasteiger partial charge in [0.25, 0.3) is 0 Å². The number of benzene rings is 1. The van der Waals surface area contributed by atoms with Gasteiger partial charge in [0.15, 0.2) is 5.82 Å². The summed E-state index contributed by atoms with van der Waals surface area (Å²) >= 11 is 0. The first kappa shape index (κ1) is 13.5. The van der Waals surface area contributed by atoms with E-state index in [1.54, 1.807) is 6.07 Å². The highest BCUT2D eigenvalue weighted by molar-refractivity contribution is 5.74. The molecule has 2 aromatic rings. The number of ether oxygens (including phenoxy) is 2. The topological polar surface area (TPSA) is 76.5 Å². The summed E-state index contributed by atoms with van der Waals surface area (Å²) in [5.41, 5.74) is 3.91. The van der Waals surface area contributed by atoms with Crippen molar-refractivity contribution in [1.29, 1.82) is 0 Å². The highest BCUT2D eigenvalue weighted by atomic mass is 16.6. The molecule has 6 nitrogen and oxygen atoms in total. The molecule has 0 atom stereocenters. The standard InChI is InChI=1S/C16H17N3O3/c1-9-3-4-10(12(20)5-9)14-11-6-22-16(7-21-8-16)13(11)15(17-2)19-18-14/h3-5,20H,6-8H2,1-2H3,(H,17,19). The van der Waals surface area contributed by atoms with Crippen LogP contribution in [0.5, 0.6) is 5.75 Å². The van der Waals surface area contributed by atoms with Gasteiger partial charge in [-0.15, -0.1) is 10.2 Å². The number of aromatic hydroxyl groups is 1. The summed E-state index contributed by atoms with van der Waals surface area (Å²) in [6, 6.07) is 5.55. The third kappa shape index (κ3) is 1.74. The molecule has 1 aromatic carbocycles. The number of aromatic nitrogens is 2. The minimum Gasteiger partial charge on any atom is -0.507 e. The molecule has 22 heavy (non-hydrogen) atoms. The van der Waals surface area contributed by atoms with E-state index in [1.165, 1.54) is 0 Å². The number of fused-ring (bicyclic) bond motifs is 2. The van der Waals surface area contributed by atoms with E-state index in [1.807, 2.05) is 26.1 Å². The Labute approximate surface area is 128 Å². The van der Waals surface area contributed by atoms with Gasteiger partial charge in [0.1, 0.15) is 17.0 Å². The number of nitrogens with zero attached hydrogens (tertiary/aromatic N) is 2. The van der Waals surface area contributed by atoms with Gasteiger partial charge in [-0.1, -0.05) is 6.07 Å². The first-order valence-corrected chi connectivity index (χ1v) is 7.24. The zero-order valence-electron chi connectivity index (χ0n) is 12.5. The predicted octanol–water partition coefficient (Wildman–Crippen LogP) is 1.96. The smallest absolute Gasteiger partial charge is 0.155 e. The van der Waals surface area contributed by atoms with Gasteiger partial charge < -0.3 is 19.9 Å². The first-order chi connectivity index (χ1) is 10.6. The summed E-state index contributed by atoms with van der Waals surface area (Å²) < 4.78 is 11.3. The van der Waals surface area contributed by atoms with E-state index in [4.69, 9.17) is 9.47 Å². The number of phenols is 1. The second-order valence-corrected chi connectivity index (χ2v) is 5.80. The van der Waals surface area contributed by atoms with Crippen LogP contribution < -0.4 is 5.32 Å². The van der Waals surface area contributed by atoms with Crippen molar-refractivity contribution in [2.75, 3.05) is 25.6 Å². The maximum Gasteiger partial charge on any atom is 0.155 e. The predicted molar refractivity (Wildman–Crippen MR) is 80.7 cm³/mol. The lowest BCUT2D eigenvalue weighted by molar-refractivity contribution is -0.209. The monoisotopic (exact) mass is 299 g/mol. The zero-order chi connectivity index (χ0) is 15.3. The molecule has 0 saturated carbocycles. The van der Waals surface area contributed by atoms with Gasteiger partial charge in [-0.3, -0.25) is 0 Å². The molecule has 1 fully saturated rings. The van der Waals surface area contributed by atoms with E-state index < -0.39 is 5.60 Å². The van der Waals surface area contributed by atoms with Crippen LogP contribution in [-0.2, 0) is 21.7 Å². The number of nitrogens with one attached hydrogen (secondary N) is 1. The van der Waals surface area contributed by atoms with Gasteiger partial charge in [-0.2, -0.15) is 0 Å². The fourth-order valence-corrected chi connectivity index (χ4v) is 3.13. The van der Waals surface area contributed by atoms with Gasteiger partial charge in [0.2, 0.25) is 0 Å². The molecule has 0 unspecified atom stereocenters. The van der Waals surface area contributed by atoms with Gasteiger partial charge in [-0.05, 0) is 24.6 Å². The van der Waals surface area contributed by atoms with Crippen molar-refractivity contribution in [3.8, 4) is 17.0 Å². The number of aryl methyl sites for hydroxylation is 1. The van der Waals surface area contributed by atoms with Crippen molar-refractivity contribution in [3.63, 3.8) is 0 Å². The number of anilines is 1. The van der Waals surface area contributed by atoms with Crippen LogP contribution >= 0.6 is 0 Å². The Morgan fingerprint density at radius 3 is 2.73 bits per heavy atom. The molecule has 2 N–H and O–H groups in total. The molecule has 1 aromatic heterocycles. The lowest BCUT2D eigenvalue weighted by Crippen LogP contribution is -2.46. The van der Waals surface area contributed by atoms with Crippen molar-refractivity contribution in [2.24, 2.45) is 0 Å². The minimum atomic E-state index is -0.418. The van der Waals surface area contributed by atoms with Gasteiger partial charge in [0, 0.05) is 23.7 Å². The van der Waals surface area contributed by atoms with Crippen LogP contribution in [0.4, 0.5) is 5.82 Å². The second kappa shape index (κ2) is 4.66. The lowest BCUT2D eigenvalue weighted by Gasteiger charge is -2.38. The van der Waals surface area contributed by atoms with E-state index in [2.05, 4.69) is 15.5 Å². The van der Waals surface area contributed by atoms with Gasteiger partial charge in [0.05, 0.1) is 19.8 Å². The van der Waals surface area contributed by atoms with Crippen LogP contribution in [0.3, 0.4) is 0 Å². The van der Waals surface area contributed by atoms with E-state index >= 15 is 0 Å². The van der Waals surface area contributed by atoms with E-state index in [0.717, 1.165) is 16.7 Å². The fraction of sp³-hybridized carbons (Fsp3) is 0.375. The summed E-state index contributed by atoms with van der Waals surface area (Å²) in [6.45, 7) is 3.44. The number of hydrogen-bond donors (Lipinski definition) is 2. The maximum absolute atomic E-state index is 10.3. The molecule has 1 saturated heterocycles. The van der Waals surface area contributed by atoms with Crippen LogP contribution in [0, 0.1) is 6.92 Å². The molecule has 0 aliphatic carbocycles. The quantitative estimate of drug-likeness (QED) is 0.883. The minimum absolute atomic E-state index is 0.208. The van der Waals surface area contributed by atoms with Crippen LogP contribution in [-0.4, -0.2) is 35.6 Å². The Bertz CT molecular complexity index is 757. The second-order valence-electron chi connectivity index (χ2n) is 5.80. The average Bonchev–Trinajstić information content (AvgIpc) is 2.87. The van der Waals surface area contributed by atoms with Crippen molar-refractivity contribution < 1.29 is 14.6 Å². The Morgan fingerprint density at radius 2 is 2.09 bits per heavy atom. The highest BCUT2D eigenvalue weighted by Crippen LogP contribution is 2.48. The normalized spacial score (nSPS) is 18.1. The number of hydrogen-bond acceptors (Lipinski definition) is 6. The van der Waals surface area contributed by atoms with Crippen LogP contribution in [0.25, 0.3) is 11.3 Å². The van der Waals surface area contributed by atoms with E-state index in [-0.39, 0.29) is 5.75 Å². The van der Waals surface area contributed by atoms with Crippen LogP contribution in [0.1, 0.15) is 16.7 Å². The van der Waals surface area contributed by atoms with Crippen LogP contribution in [0.15, 0.2) is 18.2 Å². The summed E-state index contributed by atoms with van der Waals surface area (Å²) in [7, 11) is 1.82. The van der Waals surface area contributed by atoms with E-state index in [0.29, 0.717) is 36.9 Å². The number of phenolic OH excluding ortho intramolecular Hbond substituents is 1. The fourth-order valence-electron chi connectivity index (χ4n) is 3.13. The Morgan fingerprint density at radius 1 is 1.27 bits per heavy atom. The lowest BCUT2D eigenvalue weighted by atomic mass is 9.89. The van der Waals surface area contributed by atoms with Crippen molar-refractivity contribution in [3.05, 3.63) is 34.9 Å². The molecule has 4 rings (SSSR count). The maximum atomic E-state index is 10.3. The summed E-state index contributed by atoms with van der Waals surface area (Å²) in [6.07, 6.45) is 0. The molecule has 114 valence electrons. The van der Waals surface area contributed by atoms with Crippen molar-refractivity contribution in [1.82, 2.24) is 10.2 Å². The molecule has 3 heterocycles. The third-order valence-corrected chi connectivity index (χ3v) is 4.34. The third-order valence-electron chi connectivity index (χ3n) is 4.34. The first-order valence-electron chi connectivity index (χ1n) is 7.24. The van der Waals surface area contributed by atoms with Crippen LogP contribution in [0.2, 0.25) is 0 Å². The van der Waals surface area contributed by atoms with E-state index in [9.17, 15) is 5.11 Å². The summed E-state index contributed by atoms with van der Waals surface area (Å²) in [5, 5.41) is 21.9. The molecular formula is C16H17N3O3. The van der Waals surface area contributed by atoms with Gasteiger partial charge >= 0.3 is 0 Å². The molecule has 0 bridgehead atoms. The molecular weight excluding hydrogens is 282 g/mol. The molecule has 0 radical (unpaired) electrons. The Hall–Kier alpha value is -2.18. The average molecular weight is 299 g/mol. The van der Waals surface area contributed by atoms with Crippen molar-refractivity contribution >= 4 is 5.82 Å². The molecule has 2 aliphatic rings.